The van der Waals surface area contributed by atoms with Crippen molar-refractivity contribution in [1.29, 1.82) is 0 Å². The Hall–Kier alpha value is -6.60. The molecule has 0 bridgehead atoms. The van der Waals surface area contributed by atoms with Crippen LogP contribution in [-0.4, -0.2) is 28.7 Å². The third-order valence-corrected chi connectivity index (χ3v) is 10.3. The summed E-state index contributed by atoms with van der Waals surface area (Å²) in [5.41, 5.74) is 14.1. The highest BCUT2D eigenvalue weighted by Crippen LogP contribution is 2.40. The Morgan fingerprint density at radius 3 is 1.88 bits per heavy atom. The van der Waals surface area contributed by atoms with Gasteiger partial charge in [-0.1, -0.05) is 48.5 Å². The standard InChI is InChI=1S/C44H32N6O/c1-25-7-5-8-26(2)39(25)29-11-14-33-32-15-12-30(22-35(32)43-48-24-38(50(43)37(33)21-29)40-27(3)9-6-10-28(40)4)51-31-13-16-34-36(23-31)42-47-19-20-49(42)44-41(34)45-17-18-46-44/h5-24H,1-4H3. The molecule has 0 saturated heterocycles. The molecule has 51 heavy (non-hydrogen) atoms. The molecule has 0 fully saturated rings. The molecule has 7 heteroatoms. The lowest BCUT2D eigenvalue weighted by Gasteiger charge is -2.16. The summed E-state index contributed by atoms with van der Waals surface area (Å²) in [6.07, 6.45) is 9.16. The first-order chi connectivity index (χ1) is 24.9. The fraction of sp³-hybridized carbons (Fsp3) is 0.0909. The predicted molar refractivity (Wildman–Crippen MR) is 206 cm³/mol. The molecule has 0 radical (unpaired) electrons. The van der Waals surface area contributed by atoms with Crippen LogP contribution in [0.25, 0.3) is 77.3 Å². The van der Waals surface area contributed by atoms with Gasteiger partial charge in [0.25, 0.3) is 0 Å². The second-order valence-corrected chi connectivity index (χ2v) is 13.4. The normalized spacial score (nSPS) is 11.9. The minimum absolute atomic E-state index is 0.713. The largest absolute Gasteiger partial charge is 0.457 e. The van der Waals surface area contributed by atoms with Gasteiger partial charge in [0.1, 0.15) is 28.3 Å². The van der Waals surface area contributed by atoms with Crippen LogP contribution in [0.3, 0.4) is 0 Å². The quantitative estimate of drug-likeness (QED) is 0.176. The summed E-state index contributed by atoms with van der Waals surface area (Å²) in [4.78, 5) is 19.0. The Bertz CT molecular complexity index is 3020. The highest BCUT2D eigenvalue weighted by Gasteiger charge is 2.19. The number of rotatable bonds is 4. The average molecular weight is 661 g/mol. The Labute approximate surface area is 293 Å². The molecule has 0 unspecified atom stereocenters. The smallest absolute Gasteiger partial charge is 0.165 e. The summed E-state index contributed by atoms with van der Waals surface area (Å²) in [5, 5.41) is 5.23. The van der Waals surface area contributed by atoms with Gasteiger partial charge in [0.2, 0.25) is 0 Å². The Balaban J connectivity index is 1.19. The van der Waals surface area contributed by atoms with E-state index in [0.29, 0.717) is 5.75 Å². The number of imidazole rings is 2. The van der Waals surface area contributed by atoms with Gasteiger partial charge in [-0.05, 0) is 109 Å². The molecule has 0 N–H and O–H groups in total. The minimum atomic E-state index is 0.713. The molecule has 0 aliphatic rings. The second-order valence-electron chi connectivity index (χ2n) is 13.4. The van der Waals surface area contributed by atoms with Gasteiger partial charge in [0.05, 0.1) is 17.4 Å². The lowest BCUT2D eigenvalue weighted by Crippen LogP contribution is -1.98. The summed E-state index contributed by atoms with van der Waals surface area (Å²) in [5.74, 6) is 1.44. The molecule has 7 nitrogen and oxygen atoms in total. The minimum Gasteiger partial charge on any atom is -0.457 e. The van der Waals surface area contributed by atoms with Crippen LogP contribution in [0.1, 0.15) is 22.3 Å². The number of nitrogens with zero attached hydrogens (tertiary/aromatic N) is 6. The van der Waals surface area contributed by atoms with Crippen molar-refractivity contribution in [3.63, 3.8) is 0 Å². The molecule has 5 heterocycles. The van der Waals surface area contributed by atoms with Crippen molar-refractivity contribution in [1.82, 2.24) is 28.7 Å². The molecule has 0 spiro atoms. The van der Waals surface area contributed by atoms with Crippen molar-refractivity contribution < 1.29 is 4.74 Å². The van der Waals surface area contributed by atoms with E-state index >= 15 is 0 Å². The van der Waals surface area contributed by atoms with Crippen LogP contribution in [0.4, 0.5) is 0 Å². The molecule has 5 aromatic heterocycles. The summed E-state index contributed by atoms with van der Waals surface area (Å²) in [6, 6.07) is 32.2. The zero-order chi connectivity index (χ0) is 34.4. The first-order valence-corrected chi connectivity index (χ1v) is 17.1. The van der Waals surface area contributed by atoms with Gasteiger partial charge in [-0.3, -0.25) is 13.8 Å². The third-order valence-electron chi connectivity index (χ3n) is 10.3. The molecule has 0 amide bonds. The molecule has 10 rings (SSSR count). The maximum absolute atomic E-state index is 6.62. The van der Waals surface area contributed by atoms with Gasteiger partial charge in [0, 0.05) is 51.9 Å². The van der Waals surface area contributed by atoms with Crippen LogP contribution < -0.4 is 4.74 Å². The highest BCUT2D eigenvalue weighted by atomic mass is 16.5. The third kappa shape index (κ3) is 4.37. The SMILES string of the molecule is Cc1cccc(C)c1-c1ccc2c3ccc(Oc4ccc5c(c4)c4nccn4c4nccnc54)cc3c3ncc(-c4c(C)cccc4C)n3c2c1. The second kappa shape index (κ2) is 11.0. The van der Waals surface area contributed by atoms with E-state index in [-0.39, 0.29) is 0 Å². The molecular formula is C44H32N6O. The molecule has 0 aliphatic heterocycles. The summed E-state index contributed by atoms with van der Waals surface area (Å²) >= 11 is 0. The Kier molecular flexibility index (Phi) is 6.30. The van der Waals surface area contributed by atoms with Crippen LogP contribution in [0.15, 0.2) is 122 Å². The van der Waals surface area contributed by atoms with Gasteiger partial charge in [-0.15, -0.1) is 0 Å². The van der Waals surface area contributed by atoms with Crippen LogP contribution in [0.2, 0.25) is 0 Å². The fourth-order valence-corrected chi connectivity index (χ4v) is 8.04. The zero-order valence-electron chi connectivity index (χ0n) is 28.6. The van der Waals surface area contributed by atoms with Crippen molar-refractivity contribution in [3.05, 3.63) is 144 Å². The van der Waals surface area contributed by atoms with E-state index < -0.39 is 0 Å². The van der Waals surface area contributed by atoms with Gasteiger partial charge < -0.3 is 4.74 Å². The van der Waals surface area contributed by atoms with Crippen molar-refractivity contribution in [2.75, 3.05) is 0 Å². The summed E-state index contributed by atoms with van der Waals surface area (Å²) < 4.78 is 10.9. The van der Waals surface area contributed by atoms with Crippen LogP contribution in [-0.2, 0) is 0 Å². The van der Waals surface area contributed by atoms with Crippen molar-refractivity contribution in [2.24, 2.45) is 0 Å². The van der Waals surface area contributed by atoms with Crippen LogP contribution >= 0.6 is 0 Å². The van der Waals surface area contributed by atoms with E-state index in [1.165, 1.54) is 38.9 Å². The van der Waals surface area contributed by atoms with Crippen molar-refractivity contribution >= 4 is 54.9 Å². The molecular weight excluding hydrogens is 629 g/mol. The molecule has 0 aliphatic carbocycles. The summed E-state index contributed by atoms with van der Waals surface area (Å²) in [6.45, 7) is 8.73. The van der Waals surface area contributed by atoms with Gasteiger partial charge >= 0.3 is 0 Å². The fourth-order valence-electron chi connectivity index (χ4n) is 8.04. The lowest BCUT2D eigenvalue weighted by atomic mass is 9.94. The number of hydrogen-bond donors (Lipinski definition) is 0. The van der Waals surface area contributed by atoms with Crippen LogP contribution in [0.5, 0.6) is 11.5 Å². The van der Waals surface area contributed by atoms with E-state index in [4.69, 9.17) is 9.72 Å². The number of aromatic nitrogens is 6. The maximum atomic E-state index is 6.62. The molecule has 0 saturated carbocycles. The average Bonchev–Trinajstić information content (AvgIpc) is 3.81. The van der Waals surface area contributed by atoms with Crippen LogP contribution in [0, 0.1) is 27.7 Å². The van der Waals surface area contributed by atoms with E-state index in [2.05, 4.69) is 114 Å². The Morgan fingerprint density at radius 1 is 0.510 bits per heavy atom. The molecule has 0 atom stereocenters. The van der Waals surface area contributed by atoms with E-state index in [1.807, 2.05) is 41.1 Å². The number of aryl methyl sites for hydroxylation is 4. The Morgan fingerprint density at radius 2 is 1.14 bits per heavy atom. The summed E-state index contributed by atoms with van der Waals surface area (Å²) in [7, 11) is 0. The molecule has 10 aromatic rings. The number of fused-ring (bicyclic) bond motifs is 12. The van der Waals surface area contributed by atoms with Crippen molar-refractivity contribution in [2.45, 2.75) is 27.7 Å². The van der Waals surface area contributed by atoms with E-state index in [0.717, 1.165) is 66.3 Å². The molecule has 244 valence electrons. The molecule has 5 aromatic carbocycles. The highest BCUT2D eigenvalue weighted by molar-refractivity contribution is 6.14. The van der Waals surface area contributed by atoms with Gasteiger partial charge in [-0.2, -0.15) is 0 Å². The van der Waals surface area contributed by atoms with E-state index in [1.54, 1.807) is 18.6 Å². The topological polar surface area (TPSA) is 69.6 Å². The number of pyridine rings is 2. The van der Waals surface area contributed by atoms with Gasteiger partial charge in [-0.25, -0.2) is 15.0 Å². The predicted octanol–water partition coefficient (Wildman–Crippen LogP) is 10.7. The van der Waals surface area contributed by atoms with Gasteiger partial charge in [0.15, 0.2) is 5.65 Å². The lowest BCUT2D eigenvalue weighted by molar-refractivity contribution is 0.484. The van der Waals surface area contributed by atoms with Crippen molar-refractivity contribution in [3.8, 4) is 33.9 Å². The number of ether oxygens (including phenoxy) is 1. The monoisotopic (exact) mass is 660 g/mol. The number of benzene rings is 5. The maximum Gasteiger partial charge on any atom is 0.165 e. The van der Waals surface area contributed by atoms with E-state index in [9.17, 15) is 0 Å². The first-order valence-electron chi connectivity index (χ1n) is 17.1. The first kappa shape index (κ1) is 29.3. The number of hydrogen-bond acceptors (Lipinski definition) is 5. The zero-order valence-corrected chi connectivity index (χ0v) is 28.6.